The Hall–Kier alpha value is -2.00. The second-order valence-electron chi connectivity index (χ2n) is 6.90. The van der Waals surface area contributed by atoms with Crippen LogP contribution in [0.25, 0.3) is 0 Å². The van der Waals surface area contributed by atoms with Gasteiger partial charge in [0.15, 0.2) is 18.5 Å². The molecule has 196 valence electrons. The first-order valence-corrected chi connectivity index (χ1v) is 12.3. The number of amides is 1. The normalized spacial score (nSPS) is 27.1. The SMILES string of the molecule is CC(=O)N[C@H]1C(OP(=O)(O)C(F)(F)P(=O)(O)O)O[C@H](COC(C)=O)[C@@H](OC(C)=O)[C@@H]1OC(C)=O. The van der Waals surface area contributed by atoms with E-state index in [1.807, 2.05) is 0 Å². The maximum Gasteiger partial charge on any atom is 0.443 e. The van der Waals surface area contributed by atoms with Crippen LogP contribution in [-0.2, 0) is 51.8 Å². The highest BCUT2D eigenvalue weighted by atomic mass is 31.2. The zero-order valence-electron chi connectivity index (χ0n) is 18.1. The number of alkyl halides is 2. The van der Waals surface area contributed by atoms with Crippen LogP contribution in [0.15, 0.2) is 0 Å². The summed E-state index contributed by atoms with van der Waals surface area (Å²) in [6.07, 6.45) is -7.63. The van der Waals surface area contributed by atoms with Gasteiger partial charge in [0.1, 0.15) is 18.8 Å². The van der Waals surface area contributed by atoms with E-state index in [-0.39, 0.29) is 0 Å². The number of hydrogen-bond acceptors (Lipinski definition) is 11. The zero-order valence-corrected chi connectivity index (χ0v) is 19.9. The summed E-state index contributed by atoms with van der Waals surface area (Å²) in [5.74, 6) is -3.87. The monoisotopic (exact) mass is 541 g/mol. The Labute approximate surface area is 190 Å². The van der Waals surface area contributed by atoms with Gasteiger partial charge in [-0.15, -0.1) is 0 Å². The number of nitrogens with one attached hydrogen (secondary N) is 1. The van der Waals surface area contributed by atoms with Crippen LogP contribution >= 0.6 is 15.2 Å². The van der Waals surface area contributed by atoms with Crippen molar-refractivity contribution in [2.45, 2.75) is 63.7 Å². The number of esters is 3. The Kier molecular flexibility index (Phi) is 9.86. The van der Waals surface area contributed by atoms with Crippen molar-refractivity contribution >= 4 is 39.0 Å². The fraction of sp³-hybridized carbons (Fsp3) is 0.733. The van der Waals surface area contributed by atoms with Gasteiger partial charge in [-0.1, -0.05) is 0 Å². The number of hydrogen-bond donors (Lipinski definition) is 4. The Balaban J connectivity index is 3.56. The predicted octanol–water partition coefficient (Wildman–Crippen LogP) is -0.428. The number of carbonyl (C=O) groups is 4. The molecule has 1 heterocycles. The van der Waals surface area contributed by atoms with E-state index in [1.165, 1.54) is 0 Å². The number of carbonyl (C=O) groups excluding carboxylic acids is 4. The molecule has 2 unspecified atom stereocenters. The molecule has 1 rings (SSSR count). The predicted molar refractivity (Wildman–Crippen MR) is 102 cm³/mol. The highest BCUT2D eigenvalue weighted by Crippen LogP contribution is 2.73. The van der Waals surface area contributed by atoms with Gasteiger partial charge in [0.25, 0.3) is 0 Å². The van der Waals surface area contributed by atoms with Crippen LogP contribution in [0.2, 0.25) is 0 Å². The highest BCUT2D eigenvalue weighted by molar-refractivity contribution is 7.72. The Bertz CT molecular complexity index is 908. The molecule has 6 atom stereocenters. The molecule has 15 nitrogen and oxygen atoms in total. The summed E-state index contributed by atoms with van der Waals surface area (Å²) in [4.78, 5) is 73.4. The van der Waals surface area contributed by atoms with Crippen molar-refractivity contribution in [3.8, 4) is 0 Å². The third kappa shape index (κ3) is 7.50. The maximum atomic E-state index is 14.0. The molecule has 0 aromatic rings. The molecule has 1 fully saturated rings. The summed E-state index contributed by atoms with van der Waals surface area (Å²) in [7, 11) is -13.1. The van der Waals surface area contributed by atoms with Crippen LogP contribution in [0.3, 0.4) is 0 Å². The first kappa shape index (κ1) is 30.0. The van der Waals surface area contributed by atoms with Gasteiger partial charge in [0.05, 0.1) is 0 Å². The quantitative estimate of drug-likeness (QED) is 0.165. The standard InChI is InChI=1S/C15H23F2NO14P2/c1-6(19)18-11-13(30-9(4)22)12(29-8(3)21)10(5-28-7(2)20)31-14(11)32-34(26,27)15(16,17)33(23,24)25/h10-14H,5H2,1-4H3,(H,18,19)(H,26,27)(H2,23,24,25)/t10-,11-,12-,13-,14?/m1/s1. The smallest absolute Gasteiger partial charge is 0.443 e. The summed E-state index contributed by atoms with van der Waals surface area (Å²) in [6, 6.07) is -1.92. The number of ether oxygens (including phenoxy) is 4. The van der Waals surface area contributed by atoms with E-state index < -0.39 is 81.7 Å². The van der Waals surface area contributed by atoms with Gasteiger partial charge in [0, 0.05) is 27.7 Å². The lowest BCUT2D eigenvalue weighted by molar-refractivity contribution is -0.259. The molecular formula is C15H23F2NO14P2. The summed E-state index contributed by atoms with van der Waals surface area (Å²) in [5.41, 5.74) is 0. The second-order valence-corrected chi connectivity index (χ2v) is 10.7. The summed E-state index contributed by atoms with van der Waals surface area (Å²) in [5, 5.41) is -3.56. The van der Waals surface area contributed by atoms with Gasteiger partial charge in [0.2, 0.25) is 5.91 Å². The van der Waals surface area contributed by atoms with Crippen LogP contribution in [0.4, 0.5) is 8.78 Å². The first-order chi connectivity index (χ1) is 15.3. The molecule has 0 saturated carbocycles. The Morgan fingerprint density at radius 1 is 0.941 bits per heavy atom. The average Bonchev–Trinajstić information content (AvgIpc) is 2.62. The van der Waals surface area contributed by atoms with Crippen molar-refractivity contribution in [3.05, 3.63) is 0 Å². The third-order valence-corrected chi connectivity index (χ3v) is 7.42. The molecule has 1 saturated heterocycles. The fourth-order valence-corrected chi connectivity index (χ4v) is 4.80. The van der Waals surface area contributed by atoms with Gasteiger partial charge in [-0.3, -0.25) is 32.8 Å². The minimum atomic E-state index is -6.57. The highest BCUT2D eigenvalue weighted by Gasteiger charge is 2.67. The van der Waals surface area contributed by atoms with E-state index in [0.717, 1.165) is 27.7 Å². The van der Waals surface area contributed by atoms with E-state index >= 15 is 0 Å². The minimum absolute atomic E-state index is 0.789. The van der Waals surface area contributed by atoms with Crippen LogP contribution < -0.4 is 5.32 Å². The van der Waals surface area contributed by atoms with Crippen LogP contribution in [0.5, 0.6) is 0 Å². The van der Waals surface area contributed by atoms with Crippen molar-refractivity contribution in [1.29, 1.82) is 0 Å². The van der Waals surface area contributed by atoms with Crippen molar-refractivity contribution in [3.63, 3.8) is 0 Å². The topological polar surface area (TPSA) is 221 Å². The largest absolute Gasteiger partial charge is 0.463 e. The maximum absolute atomic E-state index is 14.0. The van der Waals surface area contributed by atoms with E-state index in [1.54, 1.807) is 0 Å². The third-order valence-electron chi connectivity index (χ3n) is 4.01. The summed E-state index contributed by atoms with van der Waals surface area (Å²) >= 11 is 0. The second kappa shape index (κ2) is 11.2. The molecule has 0 radical (unpaired) electrons. The lowest BCUT2D eigenvalue weighted by Crippen LogP contribution is -2.66. The van der Waals surface area contributed by atoms with Gasteiger partial charge in [-0.25, -0.2) is 0 Å². The van der Waals surface area contributed by atoms with E-state index in [4.69, 9.17) is 28.7 Å². The van der Waals surface area contributed by atoms with Gasteiger partial charge in [-0.2, -0.15) is 8.78 Å². The van der Waals surface area contributed by atoms with Crippen molar-refractivity contribution in [2.75, 3.05) is 6.61 Å². The summed E-state index contributed by atoms with van der Waals surface area (Å²) in [6.45, 7) is 2.87. The number of halogens is 2. The van der Waals surface area contributed by atoms with Crippen molar-refractivity contribution in [1.82, 2.24) is 5.32 Å². The average molecular weight is 541 g/mol. The molecule has 0 aliphatic carbocycles. The molecule has 0 aromatic carbocycles. The van der Waals surface area contributed by atoms with Crippen LogP contribution in [0, 0.1) is 0 Å². The Morgan fingerprint density at radius 3 is 1.85 bits per heavy atom. The minimum Gasteiger partial charge on any atom is -0.463 e. The van der Waals surface area contributed by atoms with Gasteiger partial charge in [-0.05, 0) is 0 Å². The fourth-order valence-electron chi connectivity index (χ4n) is 2.75. The molecular weight excluding hydrogens is 518 g/mol. The molecule has 1 aliphatic rings. The lowest BCUT2D eigenvalue weighted by Gasteiger charge is -2.45. The zero-order chi connectivity index (χ0) is 26.6. The summed E-state index contributed by atoms with van der Waals surface area (Å²) < 4.78 is 75.5. The molecule has 0 spiro atoms. The van der Waals surface area contributed by atoms with Gasteiger partial charge >= 0.3 is 38.5 Å². The van der Waals surface area contributed by atoms with E-state index in [2.05, 4.69) is 9.84 Å². The van der Waals surface area contributed by atoms with Crippen LogP contribution in [0.1, 0.15) is 27.7 Å². The van der Waals surface area contributed by atoms with Crippen LogP contribution in [-0.4, -0.2) is 81.2 Å². The lowest BCUT2D eigenvalue weighted by atomic mass is 9.96. The molecule has 1 amide bonds. The molecule has 34 heavy (non-hydrogen) atoms. The van der Waals surface area contributed by atoms with Crippen molar-refractivity contribution in [2.24, 2.45) is 0 Å². The Morgan fingerprint density at radius 2 is 1.44 bits per heavy atom. The van der Waals surface area contributed by atoms with E-state index in [9.17, 15) is 42.0 Å². The number of rotatable bonds is 9. The molecule has 19 heteroatoms. The van der Waals surface area contributed by atoms with Crippen molar-refractivity contribution < 1.29 is 75.2 Å². The molecule has 0 aromatic heterocycles. The molecule has 1 aliphatic heterocycles. The molecule has 4 N–H and O–H groups in total. The molecule has 0 bridgehead atoms. The van der Waals surface area contributed by atoms with Gasteiger partial charge < -0.3 is 38.9 Å². The van der Waals surface area contributed by atoms with E-state index in [0.29, 0.717) is 0 Å². The first-order valence-electron chi connectivity index (χ1n) is 9.15.